The van der Waals surface area contributed by atoms with E-state index >= 15 is 0 Å². The Labute approximate surface area is 155 Å². The molecule has 2 heterocycles. The number of benzene rings is 1. The predicted molar refractivity (Wildman–Crippen MR) is 97.1 cm³/mol. The van der Waals surface area contributed by atoms with Gasteiger partial charge in [-0.3, -0.25) is 0 Å². The van der Waals surface area contributed by atoms with E-state index in [1.807, 2.05) is 4.90 Å². The molecular formula is C16H16N4O4S2. The molecule has 136 valence electrons. The van der Waals surface area contributed by atoms with Gasteiger partial charge >= 0.3 is 5.97 Å². The summed E-state index contributed by atoms with van der Waals surface area (Å²) in [4.78, 5) is 21.1. The minimum Gasteiger partial charge on any atom is -0.464 e. The number of thiazole rings is 1. The molecule has 0 amide bonds. The zero-order valence-corrected chi connectivity index (χ0v) is 15.6. The van der Waals surface area contributed by atoms with E-state index in [2.05, 4.69) is 14.6 Å². The zero-order valence-electron chi connectivity index (χ0n) is 14.0. The maximum Gasteiger partial charge on any atom is 0.357 e. The Bertz CT molecular complexity index is 939. The van der Waals surface area contributed by atoms with Gasteiger partial charge < -0.3 is 9.64 Å². The van der Waals surface area contributed by atoms with Crippen molar-refractivity contribution in [1.29, 1.82) is 0 Å². The Kier molecular flexibility index (Phi) is 5.22. The van der Waals surface area contributed by atoms with Gasteiger partial charge in [-0.25, -0.2) is 23.0 Å². The van der Waals surface area contributed by atoms with Crippen molar-refractivity contribution in [3.8, 4) is 0 Å². The van der Waals surface area contributed by atoms with Gasteiger partial charge in [0.1, 0.15) is 0 Å². The van der Waals surface area contributed by atoms with E-state index in [4.69, 9.17) is 6.57 Å². The minimum atomic E-state index is -3.59. The lowest BCUT2D eigenvalue weighted by Gasteiger charge is -2.33. The molecule has 1 saturated heterocycles. The van der Waals surface area contributed by atoms with Gasteiger partial charge in [0.15, 0.2) is 16.5 Å². The standard InChI is InChI=1S/C16H16N4O4S2/c1-17-12-3-5-13(6-4-12)26(22,23)20-9-7-19(8-10-20)16-18-14(11-25-16)15(21)24-2/h3-6,11H,7-10H2,2H3. The number of sulfonamides is 1. The fourth-order valence-electron chi connectivity index (χ4n) is 2.57. The fraction of sp³-hybridized carbons (Fsp3) is 0.312. The topological polar surface area (TPSA) is 84.2 Å². The van der Waals surface area contributed by atoms with Crippen molar-refractivity contribution in [1.82, 2.24) is 9.29 Å². The van der Waals surface area contributed by atoms with Crippen LogP contribution in [0.1, 0.15) is 10.5 Å². The highest BCUT2D eigenvalue weighted by atomic mass is 32.2. The highest BCUT2D eigenvalue weighted by molar-refractivity contribution is 7.89. The Balaban J connectivity index is 1.68. The van der Waals surface area contributed by atoms with Crippen LogP contribution >= 0.6 is 11.3 Å². The molecule has 0 aliphatic carbocycles. The quantitative estimate of drug-likeness (QED) is 0.584. The second kappa shape index (κ2) is 7.41. The predicted octanol–water partition coefficient (Wildman–Crippen LogP) is 1.99. The number of hydrogen-bond acceptors (Lipinski definition) is 7. The van der Waals surface area contributed by atoms with Crippen LogP contribution in [0, 0.1) is 6.57 Å². The Hall–Kier alpha value is -2.48. The van der Waals surface area contributed by atoms with Crippen molar-refractivity contribution in [3.63, 3.8) is 0 Å². The van der Waals surface area contributed by atoms with E-state index in [1.54, 1.807) is 5.38 Å². The number of aromatic nitrogens is 1. The second-order valence-electron chi connectivity index (χ2n) is 5.50. The van der Waals surface area contributed by atoms with Crippen LogP contribution in [0.4, 0.5) is 10.8 Å². The number of carbonyl (C=O) groups is 1. The average Bonchev–Trinajstić information content (AvgIpc) is 3.17. The first-order chi connectivity index (χ1) is 12.5. The van der Waals surface area contributed by atoms with Gasteiger partial charge in [0.05, 0.1) is 18.6 Å². The normalized spacial score (nSPS) is 15.5. The van der Waals surface area contributed by atoms with Crippen molar-refractivity contribution in [2.75, 3.05) is 38.2 Å². The first-order valence-electron chi connectivity index (χ1n) is 7.72. The number of piperazine rings is 1. The molecular weight excluding hydrogens is 376 g/mol. The van der Waals surface area contributed by atoms with Gasteiger partial charge in [0, 0.05) is 31.6 Å². The van der Waals surface area contributed by atoms with Crippen molar-refractivity contribution in [3.05, 3.63) is 46.8 Å². The molecule has 1 aromatic carbocycles. The lowest BCUT2D eigenvalue weighted by molar-refractivity contribution is 0.0595. The van der Waals surface area contributed by atoms with Crippen molar-refractivity contribution < 1.29 is 17.9 Å². The number of rotatable bonds is 4. The molecule has 2 aromatic rings. The summed E-state index contributed by atoms with van der Waals surface area (Å²) >= 11 is 1.33. The number of esters is 1. The van der Waals surface area contributed by atoms with Gasteiger partial charge in [-0.15, -0.1) is 11.3 Å². The molecule has 8 nitrogen and oxygen atoms in total. The number of anilines is 1. The summed E-state index contributed by atoms with van der Waals surface area (Å²) in [7, 11) is -2.29. The van der Waals surface area contributed by atoms with Crippen molar-refractivity contribution in [2.24, 2.45) is 0 Å². The molecule has 1 aliphatic rings. The van der Waals surface area contributed by atoms with E-state index in [1.165, 1.54) is 47.0 Å². The number of methoxy groups -OCH3 is 1. The molecule has 0 bridgehead atoms. The highest BCUT2D eigenvalue weighted by Gasteiger charge is 2.29. The van der Waals surface area contributed by atoms with Gasteiger partial charge in [0.2, 0.25) is 10.0 Å². The molecule has 0 unspecified atom stereocenters. The fourth-order valence-corrected chi connectivity index (χ4v) is 4.84. The average molecular weight is 392 g/mol. The third kappa shape index (κ3) is 3.55. The number of ether oxygens (including phenoxy) is 1. The molecule has 10 heteroatoms. The van der Waals surface area contributed by atoms with Gasteiger partial charge in [-0.05, 0) is 0 Å². The number of nitrogens with zero attached hydrogens (tertiary/aromatic N) is 4. The largest absolute Gasteiger partial charge is 0.464 e. The molecule has 1 fully saturated rings. The summed E-state index contributed by atoms with van der Waals surface area (Å²) in [6, 6.07) is 5.91. The van der Waals surface area contributed by atoms with Crippen molar-refractivity contribution >= 4 is 38.1 Å². The number of hydrogen-bond donors (Lipinski definition) is 0. The smallest absolute Gasteiger partial charge is 0.357 e. The van der Waals surface area contributed by atoms with Crippen LogP contribution in [-0.4, -0.2) is 57.0 Å². The summed E-state index contributed by atoms with van der Waals surface area (Å²) in [6.07, 6.45) is 0. The van der Waals surface area contributed by atoms with Crippen LogP contribution in [0.3, 0.4) is 0 Å². The molecule has 0 saturated carbocycles. The first-order valence-corrected chi connectivity index (χ1v) is 10.0. The summed E-state index contributed by atoms with van der Waals surface area (Å²) in [6.45, 7) is 8.53. The van der Waals surface area contributed by atoms with Gasteiger partial charge in [-0.2, -0.15) is 4.31 Å². The monoisotopic (exact) mass is 392 g/mol. The summed E-state index contributed by atoms with van der Waals surface area (Å²) in [5, 5.41) is 2.30. The Morgan fingerprint density at radius 1 is 1.23 bits per heavy atom. The second-order valence-corrected chi connectivity index (χ2v) is 8.28. The van der Waals surface area contributed by atoms with Crippen LogP contribution < -0.4 is 4.90 Å². The molecule has 0 N–H and O–H groups in total. The van der Waals surface area contributed by atoms with Crippen LogP contribution in [0.15, 0.2) is 34.5 Å². The molecule has 0 atom stereocenters. The minimum absolute atomic E-state index is 0.181. The first kappa shape index (κ1) is 18.3. The third-order valence-electron chi connectivity index (χ3n) is 4.00. The van der Waals surface area contributed by atoms with E-state index in [9.17, 15) is 13.2 Å². The van der Waals surface area contributed by atoms with Gasteiger partial charge in [-0.1, -0.05) is 24.3 Å². The molecule has 3 rings (SSSR count). The van der Waals surface area contributed by atoms with Crippen LogP contribution in [0.25, 0.3) is 4.85 Å². The third-order valence-corrected chi connectivity index (χ3v) is 6.81. The zero-order chi connectivity index (χ0) is 18.7. The number of carbonyl (C=O) groups excluding carboxylic acids is 1. The van der Waals surface area contributed by atoms with Crippen LogP contribution in [-0.2, 0) is 14.8 Å². The van der Waals surface area contributed by atoms with Crippen LogP contribution in [0.5, 0.6) is 0 Å². The summed E-state index contributed by atoms with van der Waals surface area (Å²) < 4.78 is 31.5. The van der Waals surface area contributed by atoms with E-state index < -0.39 is 16.0 Å². The van der Waals surface area contributed by atoms with Gasteiger partial charge in [0.25, 0.3) is 0 Å². The molecule has 0 spiro atoms. The van der Waals surface area contributed by atoms with Crippen molar-refractivity contribution in [2.45, 2.75) is 4.90 Å². The maximum atomic E-state index is 12.7. The SMILES string of the molecule is [C-]#[N+]c1ccc(S(=O)(=O)N2CCN(c3nc(C(=O)OC)cs3)CC2)cc1. The van der Waals surface area contributed by atoms with Crippen LogP contribution in [0.2, 0.25) is 0 Å². The molecule has 0 radical (unpaired) electrons. The van der Waals surface area contributed by atoms with E-state index in [0.717, 1.165) is 0 Å². The maximum absolute atomic E-state index is 12.7. The summed E-state index contributed by atoms with van der Waals surface area (Å²) in [5.74, 6) is -0.489. The van der Waals surface area contributed by atoms with E-state index in [0.29, 0.717) is 37.0 Å². The Morgan fingerprint density at radius 2 is 1.88 bits per heavy atom. The highest BCUT2D eigenvalue weighted by Crippen LogP contribution is 2.25. The molecule has 1 aliphatic heterocycles. The van der Waals surface area contributed by atoms with E-state index in [-0.39, 0.29) is 10.6 Å². The summed E-state index contributed by atoms with van der Waals surface area (Å²) in [5.41, 5.74) is 0.654. The lowest BCUT2D eigenvalue weighted by atomic mass is 10.3. The molecule has 26 heavy (non-hydrogen) atoms. The molecule has 1 aromatic heterocycles. The lowest BCUT2D eigenvalue weighted by Crippen LogP contribution is -2.48. The Morgan fingerprint density at radius 3 is 2.46 bits per heavy atom.